The van der Waals surface area contributed by atoms with Gasteiger partial charge in [-0.15, -0.1) is 0 Å². The lowest BCUT2D eigenvalue weighted by molar-refractivity contribution is -0.113. The summed E-state index contributed by atoms with van der Waals surface area (Å²) in [7, 11) is -1.48. The van der Waals surface area contributed by atoms with Gasteiger partial charge in [0.2, 0.25) is 5.91 Å². The third-order valence-electron chi connectivity index (χ3n) is 4.65. The van der Waals surface area contributed by atoms with E-state index in [4.69, 9.17) is 0 Å². The van der Waals surface area contributed by atoms with Gasteiger partial charge in [-0.05, 0) is 36.9 Å². The van der Waals surface area contributed by atoms with Crippen molar-refractivity contribution < 1.29 is 13.2 Å². The van der Waals surface area contributed by atoms with E-state index in [2.05, 4.69) is 38.1 Å². The van der Waals surface area contributed by atoms with Gasteiger partial charge in [-0.3, -0.25) is 4.79 Å². The van der Waals surface area contributed by atoms with Crippen molar-refractivity contribution >= 4 is 43.0 Å². The summed E-state index contributed by atoms with van der Waals surface area (Å²) in [6.07, 6.45) is 0. The van der Waals surface area contributed by atoms with E-state index >= 15 is 0 Å². The number of rotatable bonds is 6. The topological polar surface area (TPSA) is 69.7 Å². The average molecular weight is 466 g/mol. The van der Waals surface area contributed by atoms with Crippen molar-refractivity contribution in [1.29, 1.82) is 0 Å². The van der Waals surface area contributed by atoms with E-state index in [0.29, 0.717) is 11.3 Å². The minimum Gasteiger partial charge on any atom is -0.367 e. The fourth-order valence-corrected chi connectivity index (χ4v) is 4.93. The molecule has 0 unspecified atom stereocenters. The number of amides is 1. The van der Waals surface area contributed by atoms with E-state index in [0.717, 1.165) is 36.3 Å². The maximum atomic E-state index is 12.4. The van der Waals surface area contributed by atoms with Crippen molar-refractivity contribution in [3.8, 4) is 0 Å². The van der Waals surface area contributed by atoms with Crippen LogP contribution in [0.2, 0.25) is 0 Å². The van der Waals surface area contributed by atoms with E-state index in [-0.39, 0.29) is 5.75 Å². The normalized spacial score (nSPS) is 15.4. The predicted molar refractivity (Wildman–Crippen MR) is 116 cm³/mol. The predicted octanol–water partition coefficient (Wildman–Crippen LogP) is 2.75. The largest absolute Gasteiger partial charge is 0.367 e. The zero-order chi connectivity index (χ0) is 20.1. The van der Waals surface area contributed by atoms with Crippen LogP contribution in [0.3, 0.4) is 0 Å². The van der Waals surface area contributed by atoms with Crippen LogP contribution in [-0.2, 0) is 20.4 Å². The van der Waals surface area contributed by atoms with Crippen molar-refractivity contribution in [3.05, 3.63) is 58.6 Å². The number of nitrogens with one attached hydrogen (secondary N) is 1. The molecule has 0 aromatic heterocycles. The second-order valence-corrected chi connectivity index (χ2v) is 10.00. The number of nitrogens with zero attached hydrogens (tertiary/aromatic N) is 2. The molecule has 150 valence electrons. The van der Waals surface area contributed by atoms with Crippen LogP contribution in [0.5, 0.6) is 0 Å². The third-order valence-corrected chi connectivity index (χ3v) is 6.62. The van der Waals surface area contributed by atoms with E-state index in [1.54, 1.807) is 18.2 Å². The van der Waals surface area contributed by atoms with Crippen LogP contribution in [0.15, 0.2) is 53.0 Å². The fraction of sp³-hybridized carbons (Fsp3) is 0.350. The first-order valence-corrected chi connectivity index (χ1v) is 11.7. The van der Waals surface area contributed by atoms with Gasteiger partial charge in [0.1, 0.15) is 5.75 Å². The molecule has 0 saturated carbocycles. The van der Waals surface area contributed by atoms with Gasteiger partial charge in [-0.1, -0.05) is 40.2 Å². The molecule has 1 saturated heterocycles. The van der Waals surface area contributed by atoms with Crippen LogP contribution >= 0.6 is 15.9 Å². The van der Waals surface area contributed by atoms with Gasteiger partial charge in [0.15, 0.2) is 9.84 Å². The summed E-state index contributed by atoms with van der Waals surface area (Å²) < 4.78 is 25.7. The van der Waals surface area contributed by atoms with Crippen LogP contribution in [0.4, 0.5) is 11.4 Å². The van der Waals surface area contributed by atoms with E-state index in [1.165, 1.54) is 0 Å². The number of carbonyl (C=O) groups is 1. The summed E-state index contributed by atoms with van der Waals surface area (Å²) >= 11 is 3.33. The Morgan fingerprint density at radius 3 is 2.50 bits per heavy atom. The highest BCUT2D eigenvalue weighted by Crippen LogP contribution is 2.26. The van der Waals surface area contributed by atoms with Gasteiger partial charge in [0, 0.05) is 30.7 Å². The molecule has 0 atom stereocenters. The minimum atomic E-state index is -3.57. The Bertz CT molecular complexity index is 941. The minimum absolute atomic E-state index is 0.167. The molecular formula is C20H24BrN3O3S. The monoisotopic (exact) mass is 465 g/mol. The molecule has 1 aliphatic rings. The molecule has 6 nitrogen and oxygen atoms in total. The van der Waals surface area contributed by atoms with Crippen molar-refractivity contribution in [2.75, 3.05) is 49.2 Å². The lowest BCUT2D eigenvalue weighted by Gasteiger charge is -2.35. The van der Waals surface area contributed by atoms with Crippen molar-refractivity contribution in [2.45, 2.75) is 5.75 Å². The molecule has 0 spiro atoms. The van der Waals surface area contributed by atoms with Crippen LogP contribution in [0.1, 0.15) is 5.56 Å². The van der Waals surface area contributed by atoms with E-state index in [9.17, 15) is 13.2 Å². The molecule has 1 N–H and O–H groups in total. The average Bonchev–Trinajstić information content (AvgIpc) is 2.62. The van der Waals surface area contributed by atoms with Crippen molar-refractivity contribution in [2.24, 2.45) is 0 Å². The number of anilines is 2. The number of hydrogen-bond donors (Lipinski definition) is 1. The smallest absolute Gasteiger partial charge is 0.239 e. The zero-order valence-electron chi connectivity index (χ0n) is 15.8. The Morgan fingerprint density at radius 2 is 1.79 bits per heavy atom. The molecule has 3 rings (SSSR count). The van der Waals surface area contributed by atoms with Gasteiger partial charge in [0.05, 0.1) is 17.1 Å². The van der Waals surface area contributed by atoms with E-state index < -0.39 is 21.5 Å². The van der Waals surface area contributed by atoms with E-state index in [1.807, 2.05) is 30.3 Å². The lowest BCUT2D eigenvalue weighted by atomic mass is 10.2. The zero-order valence-corrected chi connectivity index (χ0v) is 18.2. The first kappa shape index (κ1) is 20.8. The molecule has 28 heavy (non-hydrogen) atoms. The molecule has 0 radical (unpaired) electrons. The van der Waals surface area contributed by atoms with Gasteiger partial charge in [-0.2, -0.15) is 0 Å². The highest BCUT2D eigenvalue weighted by atomic mass is 79.9. The Balaban J connectivity index is 1.66. The van der Waals surface area contributed by atoms with Gasteiger partial charge >= 0.3 is 0 Å². The molecule has 2 aromatic rings. The Morgan fingerprint density at radius 1 is 1.07 bits per heavy atom. The number of para-hydroxylation sites is 2. The molecule has 0 aliphatic carbocycles. The summed E-state index contributed by atoms with van der Waals surface area (Å²) in [6.45, 7) is 3.63. The second kappa shape index (κ2) is 9.07. The standard InChI is InChI=1S/C20H24BrN3O3S/c1-23-9-11-24(12-10-23)19-8-3-2-7-18(19)22-20(25)15-28(26,27)14-16-5-4-6-17(21)13-16/h2-8,13H,9-12,14-15H2,1H3,(H,22,25). The highest BCUT2D eigenvalue weighted by Gasteiger charge is 2.21. The SMILES string of the molecule is CN1CCN(c2ccccc2NC(=O)CS(=O)(=O)Cc2cccc(Br)c2)CC1. The highest BCUT2D eigenvalue weighted by molar-refractivity contribution is 9.10. The fourth-order valence-electron chi connectivity index (χ4n) is 3.22. The Labute approximate surface area is 174 Å². The molecule has 2 aromatic carbocycles. The van der Waals surface area contributed by atoms with Crippen LogP contribution in [0, 0.1) is 0 Å². The maximum Gasteiger partial charge on any atom is 0.239 e. The van der Waals surface area contributed by atoms with Crippen LogP contribution in [0.25, 0.3) is 0 Å². The summed E-state index contributed by atoms with van der Waals surface area (Å²) in [6, 6.07) is 14.6. The van der Waals surface area contributed by atoms with Crippen LogP contribution in [-0.4, -0.2) is 58.2 Å². The number of piperazine rings is 1. The lowest BCUT2D eigenvalue weighted by Crippen LogP contribution is -2.44. The summed E-state index contributed by atoms with van der Waals surface area (Å²) in [5.74, 6) is -1.23. The number of hydrogen-bond acceptors (Lipinski definition) is 5. The van der Waals surface area contributed by atoms with Gasteiger partial charge in [-0.25, -0.2) is 8.42 Å². The summed E-state index contributed by atoms with van der Waals surface area (Å²) in [5.41, 5.74) is 2.23. The Hall–Kier alpha value is -1.90. The number of benzene rings is 2. The van der Waals surface area contributed by atoms with Gasteiger partial charge in [0.25, 0.3) is 0 Å². The van der Waals surface area contributed by atoms with Crippen LogP contribution < -0.4 is 10.2 Å². The second-order valence-electron chi connectivity index (χ2n) is 7.02. The number of halogens is 1. The molecule has 0 bridgehead atoms. The maximum absolute atomic E-state index is 12.4. The molecule has 1 aliphatic heterocycles. The molecule has 1 heterocycles. The molecular weight excluding hydrogens is 442 g/mol. The molecule has 1 fully saturated rings. The summed E-state index contributed by atoms with van der Waals surface area (Å²) in [4.78, 5) is 16.9. The summed E-state index contributed by atoms with van der Waals surface area (Å²) in [5, 5.41) is 2.79. The van der Waals surface area contributed by atoms with Gasteiger partial charge < -0.3 is 15.1 Å². The number of sulfone groups is 1. The first-order valence-electron chi connectivity index (χ1n) is 9.10. The third kappa shape index (κ3) is 5.80. The first-order chi connectivity index (χ1) is 13.3. The van der Waals surface area contributed by atoms with Crippen molar-refractivity contribution in [3.63, 3.8) is 0 Å². The molecule has 8 heteroatoms. The van der Waals surface area contributed by atoms with Crippen molar-refractivity contribution in [1.82, 2.24) is 4.90 Å². The number of likely N-dealkylation sites (N-methyl/N-ethyl adjacent to an activating group) is 1. The Kier molecular flexibility index (Phi) is 6.74. The molecule has 1 amide bonds. The number of carbonyl (C=O) groups excluding carboxylic acids is 1. The quantitative estimate of drug-likeness (QED) is 0.709.